The van der Waals surface area contributed by atoms with Crippen LogP contribution in [0.1, 0.15) is 32.0 Å². The lowest BCUT2D eigenvalue weighted by atomic mass is 10.2. The molecular weight excluding hydrogens is 308 g/mol. The average molecular weight is 334 g/mol. The molecule has 0 spiro atoms. The van der Waals surface area contributed by atoms with Crippen molar-refractivity contribution < 1.29 is 14.3 Å². The summed E-state index contributed by atoms with van der Waals surface area (Å²) in [6, 6.07) is 1.84. The lowest BCUT2D eigenvalue weighted by molar-refractivity contribution is 0.0522. The van der Waals surface area contributed by atoms with Crippen LogP contribution in [0.25, 0.3) is 0 Å². The molecule has 0 fully saturated rings. The molecule has 1 amide bonds. The van der Waals surface area contributed by atoms with E-state index >= 15 is 0 Å². The molecule has 0 saturated heterocycles. The van der Waals surface area contributed by atoms with E-state index in [1.165, 1.54) is 0 Å². The number of carbonyl (C=O) groups is 1. The molecule has 1 heterocycles. The number of aromatic nitrogens is 1. The Hall–Kier alpha value is -2.00. The lowest BCUT2D eigenvalue weighted by Crippen LogP contribution is -2.32. The molecule has 0 bridgehead atoms. The smallest absolute Gasteiger partial charge is 0.407 e. The Morgan fingerprint density at radius 2 is 2.00 bits per heavy atom. The number of carbonyl (C=O) groups excluding carboxylic acids is 1. The highest BCUT2D eigenvalue weighted by molar-refractivity contribution is 6.83. The third-order valence-corrected chi connectivity index (χ3v) is 3.41. The first-order valence-corrected chi connectivity index (χ1v) is 11.0. The van der Waals surface area contributed by atoms with Crippen molar-refractivity contribution in [2.45, 2.75) is 52.6 Å². The van der Waals surface area contributed by atoms with Gasteiger partial charge in [-0.1, -0.05) is 25.6 Å². The number of ether oxygens (including phenoxy) is 2. The molecular formula is C17H26N2O3Si. The number of hydrogen-bond acceptors (Lipinski definition) is 4. The first kappa shape index (κ1) is 19.0. The monoisotopic (exact) mass is 334 g/mol. The summed E-state index contributed by atoms with van der Waals surface area (Å²) in [6.07, 6.45) is 1.21. The van der Waals surface area contributed by atoms with Gasteiger partial charge in [0.25, 0.3) is 0 Å². The van der Waals surface area contributed by atoms with Gasteiger partial charge in [0, 0.05) is 11.8 Å². The van der Waals surface area contributed by atoms with Crippen LogP contribution in [0, 0.1) is 11.5 Å². The molecule has 1 rings (SSSR count). The summed E-state index contributed by atoms with van der Waals surface area (Å²) in [6.45, 7) is 12.2. The van der Waals surface area contributed by atoms with Gasteiger partial charge in [-0.15, -0.1) is 5.54 Å². The summed E-state index contributed by atoms with van der Waals surface area (Å²) in [5.74, 6) is 3.74. The zero-order valence-corrected chi connectivity index (χ0v) is 16.0. The summed E-state index contributed by atoms with van der Waals surface area (Å²) >= 11 is 0. The van der Waals surface area contributed by atoms with E-state index in [0.717, 1.165) is 5.56 Å². The van der Waals surface area contributed by atoms with E-state index in [1.54, 1.807) is 13.3 Å². The predicted molar refractivity (Wildman–Crippen MR) is 94.1 cm³/mol. The van der Waals surface area contributed by atoms with E-state index in [2.05, 4.69) is 41.4 Å². The first-order chi connectivity index (χ1) is 10.5. The highest BCUT2D eigenvalue weighted by Gasteiger charge is 2.16. The van der Waals surface area contributed by atoms with E-state index < -0.39 is 19.8 Å². The van der Waals surface area contributed by atoms with Crippen molar-refractivity contribution in [3.8, 4) is 17.2 Å². The zero-order valence-electron chi connectivity index (χ0n) is 15.0. The van der Waals surface area contributed by atoms with Gasteiger partial charge in [-0.3, -0.25) is 4.98 Å². The number of methoxy groups -OCH3 is 1. The molecule has 0 saturated carbocycles. The van der Waals surface area contributed by atoms with Gasteiger partial charge < -0.3 is 14.8 Å². The topological polar surface area (TPSA) is 60.5 Å². The predicted octanol–water partition coefficient (Wildman–Crippen LogP) is 3.34. The SMILES string of the molecule is COc1cc(C#C[Si](C)(C)C)cnc1CNC(=O)OC(C)(C)C. The Morgan fingerprint density at radius 3 is 2.52 bits per heavy atom. The van der Waals surface area contributed by atoms with Crippen LogP contribution in [0.2, 0.25) is 19.6 Å². The van der Waals surface area contributed by atoms with Gasteiger partial charge in [0.1, 0.15) is 25.1 Å². The average Bonchev–Trinajstić information content (AvgIpc) is 2.40. The van der Waals surface area contributed by atoms with E-state index in [-0.39, 0.29) is 6.54 Å². The first-order valence-electron chi connectivity index (χ1n) is 7.53. The second-order valence-corrected chi connectivity index (χ2v) is 12.0. The van der Waals surface area contributed by atoms with Gasteiger partial charge >= 0.3 is 6.09 Å². The molecule has 0 aliphatic rings. The number of hydrogen-bond donors (Lipinski definition) is 1. The van der Waals surface area contributed by atoms with Crippen LogP contribution in [-0.2, 0) is 11.3 Å². The molecule has 0 atom stereocenters. The fraction of sp³-hybridized carbons (Fsp3) is 0.529. The standard InChI is InChI=1S/C17H26N2O3Si/c1-17(2,3)22-16(20)19-12-14-15(21-4)10-13(11-18-14)8-9-23(5,6)7/h10-11H,12H2,1-7H3,(H,19,20). The molecule has 6 heteroatoms. The Balaban J connectivity index is 2.81. The maximum atomic E-state index is 11.7. The van der Waals surface area contributed by atoms with Gasteiger partial charge in [-0.2, -0.15) is 0 Å². The molecule has 1 N–H and O–H groups in total. The van der Waals surface area contributed by atoms with Crippen molar-refractivity contribution in [1.82, 2.24) is 10.3 Å². The van der Waals surface area contributed by atoms with E-state index in [9.17, 15) is 4.79 Å². The number of amides is 1. The summed E-state index contributed by atoms with van der Waals surface area (Å²) in [5.41, 5.74) is 4.21. The Bertz CT molecular complexity index is 619. The largest absolute Gasteiger partial charge is 0.495 e. The number of alkyl carbamates (subject to hydrolysis) is 1. The number of nitrogens with zero attached hydrogens (tertiary/aromatic N) is 1. The van der Waals surface area contributed by atoms with Crippen LogP contribution in [0.4, 0.5) is 4.79 Å². The third kappa shape index (κ3) is 7.70. The number of pyridine rings is 1. The van der Waals surface area contributed by atoms with Crippen LogP contribution in [0.5, 0.6) is 5.75 Å². The van der Waals surface area contributed by atoms with Crippen LogP contribution in [-0.4, -0.2) is 31.9 Å². The summed E-state index contributed by atoms with van der Waals surface area (Å²) in [7, 11) is 0.136. The van der Waals surface area contributed by atoms with Crippen LogP contribution >= 0.6 is 0 Å². The third-order valence-electron chi connectivity index (χ3n) is 2.53. The second kappa shape index (κ2) is 7.51. The van der Waals surface area contributed by atoms with E-state index in [4.69, 9.17) is 9.47 Å². The van der Waals surface area contributed by atoms with Gasteiger partial charge in [0.2, 0.25) is 0 Å². The molecule has 0 aliphatic heterocycles. The fourth-order valence-corrected chi connectivity index (χ4v) is 2.10. The molecule has 23 heavy (non-hydrogen) atoms. The molecule has 1 aromatic heterocycles. The van der Waals surface area contributed by atoms with Crippen molar-refractivity contribution in [1.29, 1.82) is 0 Å². The normalized spacial score (nSPS) is 11.3. The van der Waals surface area contributed by atoms with Crippen molar-refractivity contribution in [2.24, 2.45) is 0 Å². The summed E-state index contributed by atoms with van der Waals surface area (Å²) in [5, 5.41) is 2.67. The van der Waals surface area contributed by atoms with Gasteiger partial charge in [-0.05, 0) is 26.8 Å². The molecule has 0 aromatic carbocycles. The van der Waals surface area contributed by atoms with Gasteiger partial charge in [0.05, 0.1) is 13.7 Å². The quantitative estimate of drug-likeness (QED) is 0.680. The molecule has 126 valence electrons. The summed E-state index contributed by atoms with van der Waals surface area (Å²) in [4.78, 5) is 16.0. The Kier molecular flexibility index (Phi) is 6.22. The van der Waals surface area contributed by atoms with Gasteiger partial charge in [-0.25, -0.2) is 4.79 Å². The highest BCUT2D eigenvalue weighted by atomic mass is 28.3. The maximum Gasteiger partial charge on any atom is 0.407 e. The Morgan fingerprint density at radius 1 is 1.35 bits per heavy atom. The second-order valence-electron chi connectivity index (χ2n) is 7.23. The number of rotatable bonds is 3. The van der Waals surface area contributed by atoms with Gasteiger partial charge in [0.15, 0.2) is 0 Å². The molecule has 5 nitrogen and oxygen atoms in total. The van der Waals surface area contributed by atoms with Crippen LogP contribution in [0.3, 0.4) is 0 Å². The minimum Gasteiger partial charge on any atom is -0.495 e. The van der Waals surface area contributed by atoms with Crippen molar-refractivity contribution in [3.63, 3.8) is 0 Å². The Labute approximate surface area is 139 Å². The van der Waals surface area contributed by atoms with Crippen LogP contribution in [0.15, 0.2) is 12.3 Å². The molecule has 0 radical (unpaired) electrons. The maximum absolute atomic E-state index is 11.7. The minimum absolute atomic E-state index is 0.236. The van der Waals surface area contributed by atoms with Crippen molar-refractivity contribution >= 4 is 14.2 Å². The molecule has 1 aromatic rings. The number of nitrogens with one attached hydrogen (secondary N) is 1. The van der Waals surface area contributed by atoms with Crippen molar-refractivity contribution in [3.05, 3.63) is 23.5 Å². The summed E-state index contributed by atoms with van der Waals surface area (Å²) < 4.78 is 10.5. The zero-order chi connectivity index (χ0) is 17.7. The molecule has 0 unspecified atom stereocenters. The molecule has 0 aliphatic carbocycles. The van der Waals surface area contributed by atoms with E-state index in [0.29, 0.717) is 11.4 Å². The van der Waals surface area contributed by atoms with E-state index in [1.807, 2.05) is 26.8 Å². The highest BCUT2D eigenvalue weighted by Crippen LogP contribution is 2.17. The van der Waals surface area contributed by atoms with Crippen molar-refractivity contribution in [2.75, 3.05) is 7.11 Å². The lowest BCUT2D eigenvalue weighted by Gasteiger charge is -2.19. The van der Waals surface area contributed by atoms with Crippen LogP contribution < -0.4 is 10.1 Å². The fourth-order valence-electron chi connectivity index (χ4n) is 1.58. The minimum atomic E-state index is -1.44.